The minimum Gasteiger partial charge on any atom is -0.397 e. The number of likely N-dealkylation sites (N-methyl/N-ethyl adjacent to an activating group) is 1. The van der Waals surface area contributed by atoms with Crippen molar-refractivity contribution in [2.45, 2.75) is 33.2 Å². The second kappa shape index (κ2) is 5.71. The number of hydrogen-bond donors (Lipinski definition) is 1. The summed E-state index contributed by atoms with van der Waals surface area (Å²) < 4.78 is 0. The van der Waals surface area contributed by atoms with E-state index in [1.807, 2.05) is 12.1 Å². The summed E-state index contributed by atoms with van der Waals surface area (Å²) >= 11 is 0. The van der Waals surface area contributed by atoms with Crippen molar-refractivity contribution in [2.75, 3.05) is 18.8 Å². The van der Waals surface area contributed by atoms with E-state index in [1.165, 1.54) is 0 Å². The Morgan fingerprint density at radius 2 is 2.13 bits per heavy atom. The fourth-order valence-corrected chi connectivity index (χ4v) is 1.62. The molecule has 2 N–H and O–H groups in total. The molecule has 15 heavy (non-hydrogen) atoms. The highest BCUT2D eigenvalue weighted by Gasteiger charge is 2.06. The van der Waals surface area contributed by atoms with Gasteiger partial charge in [0.1, 0.15) is 0 Å². The van der Waals surface area contributed by atoms with Gasteiger partial charge in [0.2, 0.25) is 0 Å². The van der Waals surface area contributed by atoms with E-state index < -0.39 is 0 Å². The second-order valence-corrected chi connectivity index (χ2v) is 4.06. The largest absolute Gasteiger partial charge is 0.397 e. The predicted octanol–water partition coefficient (Wildman–Crippen LogP) is 1.94. The molecule has 0 spiro atoms. The molecule has 1 heterocycles. The van der Waals surface area contributed by atoms with E-state index in [-0.39, 0.29) is 0 Å². The maximum Gasteiger partial charge on any atom is 0.0501 e. The van der Waals surface area contributed by atoms with Crippen LogP contribution in [0.4, 0.5) is 5.69 Å². The molecule has 3 nitrogen and oxygen atoms in total. The highest BCUT2D eigenvalue weighted by molar-refractivity contribution is 5.34. The first-order chi connectivity index (χ1) is 7.13. The monoisotopic (exact) mass is 207 g/mol. The van der Waals surface area contributed by atoms with Crippen LogP contribution in [0.3, 0.4) is 0 Å². The average Bonchev–Trinajstić information content (AvgIpc) is 2.21. The maximum atomic E-state index is 5.58. The van der Waals surface area contributed by atoms with E-state index in [9.17, 15) is 0 Å². The van der Waals surface area contributed by atoms with Crippen LogP contribution in [-0.4, -0.2) is 29.0 Å². The zero-order valence-electron chi connectivity index (χ0n) is 9.90. The number of aromatic nitrogens is 1. The summed E-state index contributed by atoms with van der Waals surface area (Å²) in [7, 11) is 0. The van der Waals surface area contributed by atoms with Gasteiger partial charge in [0.05, 0.1) is 11.9 Å². The van der Waals surface area contributed by atoms with E-state index in [4.69, 9.17) is 5.73 Å². The molecule has 0 aliphatic heterocycles. The van der Waals surface area contributed by atoms with Gasteiger partial charge in [-0.3, -0.25) is 4.98 Å². The number of pyridine rings is 1. The van der Waals surface area contributed by atoms with Crippen LogP contribution in [0, 0.1) is 0 Å². The summed E-state index contributed by atoms with van der Waals surface area (Å²) in [5.74, 6) is 0. The van der Waals surface area contributed by atoms with Crippen LogP contribution in [0.2, 0.25) is 0 Å². The Hall–Kier alpha value is -1.09. The molecule has 0 atom stereocenters. The zero-order valence-corrected chi connectivity index (χ0v) is 9.90. The van der Waals surface area contributed by atoms with E-state index in [0.717, 1.165) is 30.9 Å². The summed E-state index contributed by atoms with van der Waals surface area (Å²) in [6.07, 6.45) is 2.72. The van der Waals surface area contributed by atoms with Crippen molar-refractivity contribution in [1.29, 1.82) is 0 Å². The van der Waals surface area contributed by atoms with Crippen molar-refractivity contribution in [2.24, 2.45) is 0 Å². The lowest BCUT2D eigenvalue weighted by Gasteiger charge is -2.24. The molecule has 0 radical (unpaired) electrons. The van der Waals surface area contributed by atoms with Crippen molar-refractivity contribution in [3.63, 3.8) is 0 Å². The molecule has 0 aromatic carbocycles. The van der Waals surface area contributed by atoms with Gasteiger partial charge < -0.3 is 10.6 Å². The molecule has 0 aliphatic rings. The molecule has 3 heteroatoms. The minimum absolute atomic E-state index is 0.601. The topological polar surface area (TPSA) is 42.1 Å². The van der Waals surface area contributed by atoms with Crippen LogP contribution in [0.15, 0.2) is 18.3 Å². The van der Waals surface area contributed by atoms with Crippen LogP contribution >= 0.6 is 0 Å². The number of anilines is 1. The van der Waals surface area contributed by atoms with Gasteiger partial charge in [-0.05, 0) is 32.5 Å². The SMILES string of the molecule is CCN(CCc1ccc(N)cn1)C(C)C. The molecule has 0 amide bonds. The van der Waals surface area contributed by atoms with Crippen LogP contribution < -0.4 is 5.73 Å². The molecule has 0 unspecified atom stereocenters. The summed E-state index contributed by atoms with van der Waals surface area (Å²) in [4.78, 5) is 6.72. The Morgan fingerprint density at radius 3 is 2.60 bits per heavy atom. The number of hydrogen-bond acceptors (Lipinski definition) is 3. The summed E-state index contributed by atoms with van der Waals surface area (Å²) in [6.45, 7) is 8.79. The zero-order chi connectivity index (χ0) is 11.3. The van der Waals surface area contributed by atoms with Crippen LogP contribution in [-0.2, 0) is 6.42 Å². The minimum atomic E-state index is 0.601. The van der Waals surface area contributed by atoms with Gasteiger partial charge in [0.25, 0.3) is 0 Å². The number of nitrogen functional groups attached to an aromatic ring is 1. The van der Waals surface area contributed by atoms with E-state index in [0.29, 0.717) is 6.04 Å². The molecule has 0 saturated heterocycles. The van der Waals surface area contributed by atoms with Crippen molar-refractivity contribution in [3.8, 4) is 0 Å². The maximum absolute atomic E-state index is 5.58. The summed E-state index contributed by atoms with van der Waals surface area (Å²) in [6, 6.07) is 4.51. The average molecular weight is 207 g/mol. The molecule has 0 fully saturated rings. The second-order valence-electron chi connectivity index (χ2n) is 4.06. The normalized spacial score (nSPS) is 11.3. The third kappa shape index (κ3) is 3.88. The van der Waals surface area contributed by atoms with Crippen LogP contribution in [0.5, 0.6) is 0 Å². The third-order valence-corrected chi connectivity index (χ3v) is 2.64. The quantitative estimate of drug-likeness (QED) is 0.802. The lowest BCUT2D eigenvalue weighted by atomic mass is 10.2. The first kappa shape index (κ1) is 12.0. The van der Waals surface area contributed by atoms with Crippen molar-refractivity contribution < 1.29 is 0 Å². The Morgan fingerprint density at radius 1 is 1.40 bits per heavy atom. The highest BCUT2D eigenvalue weighted by Crippen LogP contribution is 2.04. The molecular formula is C12H21N3. The fourth-order valence-electron chi connectivity index (χ4n) is 1.62. The van der Waals surface area contributed by atoms with Gasteiger partial charge >= 0.3 is 0 Å². The van der Waals surface area contributed by atoms with E-state index in [1.54, 1.807) is 6.20 Å². The third-order valence-electron chi connectivity index (χ3n) is 2.64. The molecule has 0 bridgehead atoms. The van der Waals surface area contributed by atoms with Crippen molar-refractivity contribution >= 4 is 5.69 Å². The lowest BCUT2D eigenvalue weighted by molar-refractivity contribution is 0.236. The number of nitrogens with zero attached hydrogens (tertiary/aromatic N) is 2. The van der Waals surface area contributed by atoms with Gasteiger partial charge in [-0.1, -0.05) is 6.92 Å². The highest BCUT2D eigenvalue weighted by atomic mass is 15.1. The van der Waals surface area contributed by atoms with Gasteiger partial charge in [0, 0.05) is 24.7 Å². The lowest BCUT2D eigenvalue weighted by Crippen LogP contribution is -2.32. The number of rotatable bonds is 5. The van der Waals surface area contributed by atoms with Gasteiger partial charge in [-0.2, -0.15) is 0 Å². The molecular weight excluding hydrogens is 186 g/mol. The Balaban J connectivity index is 2.45. The molecule has 1 rings (SSSR count). The summed E-state index contributed by atoms with van der Waals surface area (Å²) in [5.41, 5.74) is 7.43. The molecule has 1 aromatic rings. The van der Waals surface area contributed by atoms with E-state index >= 15 is 0 Å². The van der Waals surface area contributed by atoms with Gasteiger partial charge in [-0.15, -0.1) is 0 Å². The molecule has 1 aromatic heterocycles. The van der Waals surface area contributed by atoms with E-state index in [2.05, 4.69) is 30.7 Å². The Kier molecular flexibility index (Phi) is 4.56. The molecule has 0 saturated carbocycles. The first-order valence-corrected chi connectivity index (χ1v) is 5.58. The molecule has 84 valence electrons. The number of nitrogens with two attached hydrogens (primary N) is 1. The summed E-state index contributed by atoms with van der Waals surface area (Å²) in [5, 5.41) is 0. The first-order valence-electron chi connectivity index (χ1n) is 5.58. The molecule has 0 aliphatic carbocycles. The Labute approximate surface area is 92.3 Å². The smallest absolute Gasteiger partial charge is 0.0501 e. The van der Waals surface area contributed by atoms with Crippen LogP contribution in [0.1, 0.15) is 26.5 Å². The fraction of sp³-hybridized carbons (Fsp3) is 0.583. The van der Waals surface area contributed by atoms with Crippen molar-refractivity contribution in [1.82, 2.24) is 9.88 Å². The van der Waals surface area contributed by atoms with Gasteiger partial charge in [-0.25, -0.2) is 0 Å². The van der Waals surface area contributed by atoms with Crippen LogP contribution in [0.25, 0.3) is 0 Å². The standard InChI is InChI=1S/C12H21N3/c1-4-15(10(2)3)8-7-12-6-5-11(13)9-14-12/h5-6,9-10H,4,7-8,13H2,1-3H3. The predicted molar refractivity (Wildman–Crippen MR) is 64.7 cm³/mol. The van der Waals surface area contributed by atoms with Gasteiger partial charge in [0.15, 0.2) is 0 Å². The Bertz CT molecular complexity index is 279. The van der Waals surface area contributed by atoms with Crippen molar-refractivity contribution in [3.05, 3.63) is 24.0 Å².